The molecule has 0 spiro atoms. The third-order valence-corrected chi connectivity index (χ3v) is 3.99. The molecule has 2 rings (SSSR count). The van der Waals surface area contributed by atoms with E-state index in [1.165, 1.54) is 0 Å². The third kappa shape index (κ3) is 4.83. The van der Waals surface area contributed by atoms with Crippen LogP contribution >= 0.6 is 11.8 Å². The average Bonchev–Trinajstić information content (AvgIpc) is 2.75. The van der Waals surface area contributed by atoms with Crippen molar-refractivity contribution < 1.29 is 19.1 Å². The zero-order chi connectivity index (χ0) is 17.7. The molecule has 0 unspecified atom stereocenters. The molecule has 1 fully saturated rings. The van der Waals surface area contributed by atoms with Gasteiger partial charge in [0.25, 0.3) is 11.1 Å². The van der Waals surface area contributed by atoms with Crippen molar-refractivity contribution in [2.75, 3.05) is 6.54 Å². The first-order valence-corrected chi connectivity index (χ1v) is 8.36. The van der Waals surface area contributed by atoms with Gasteiger partial charge in [-0.2, -0.15) is 0 Å². The van der Waals surface area contributed by atoms with Gasteiger partial charge in [0.15, 0.2) is 0 Å². The number of esters is 1. The van der Waals surface area contributed by atoms with E-state index in [2.05, 4.69) is 0 Å². The molecule has 1 heterocycles. The molecule has 1 aliphatic heterocycles. The van der Waals surface area contributed by atoms with Crippen LogP contribution in [0.2, 0.25) is 0 Å². The van der Waals surface area contributed by atoms with E-state index < -0.39 is 17.1 Å². The monoisotopic (exact) mass is 345 g/mol. The number of amides is 2. The summed E-state index contributed by atoms with van der Waals surface area (Å²) in [6.45, 7) is 4.92. The molecular formula is C18H19NO4S. The van der Waals surface area contributed by atoms with Crippen LogP contribution in [0.3, 0.4) is 0 Å². The van der Waals surface area contributed by atoms with Crippen molar-refractivity contribution in [3.63, 3.8) is 0 Å². The Kier molecular flexibility index (Phi) is 5.98. The number of nitrogens with zero attached hydrogens (tertiary/aromatic N) is 1. The highest BCUT2D eigenvalue weighted by Gasteiger charge is 2.36. The second-order valence-electron chi connectivity index (χ2n) is 5.61. The summed E-state index contributed by atoms with van der Waals surface area (Å²) in [5.74, 6) is -1.06. The van der Waals surface area contributed by atoms with Crippen LogP contribution in [-0.4, -0.2) is 34.7 Å². The molecule has 0 atom stereocenters. The van der Waals surface area contributed by atoms with Crippen molar-refractivity contribution in [3.8, 4) is 0 Å². The van der Waals surface area contributed by atoms with Gasteiger partial charge in [0.1, 0.15) is 6.54 Å². The first-order valence-electron chi connectivity index (χ1n) is 7.55. The quantitative estimate of drug-likeness (QED) is 0.602. The molecule has 1 aromatic carbocycles. The highest BCUT2D eigenvalue weighted by Crippen LogP contribution is 2.31. The van der Waals surface area contributed by atoms with E-state index >= 15 is 0 Å². The molecule has 0 N–H and O–H groups in total. The van der Waals surface area contributed by atoms with Crippen LogP contribution in [0, 0.1) is 0 Å². The first kappa shape index (κ1) is 18.0. The predicted octanol–water partition coefficient (Wildman–Crippen LogP) is 3.62. The molecular weight excluding hydrogens is 326 g/mol. The Morgan fingerprint density at radius 3 is 2.54 bits per heavy atom. The minimum atomic E-state index is -0.593. The summed E-state index contributed by atoms with van der Waals surface area (Å²) in [5, 5.41) is -0.459. The Labute approximate surface area is 145 Å². The minimum Gasteiger partial charge on any atom is -0.462 e. The summed E-state index contributed by atoms with van der Waals surface area (Å²) < 4.78 is 4.98. The third-order valence-electron chi connectivity index (χ3n) is 3.08. The fourth-order valence-electron chi connectivity index (χ4n) is 2.13. The lowest BCUT2D eigenvalue weighted by Gasteiger charge is -2.13. The molecule has 1 aromatic rings. The van der Waals surface area contributed by atoms with Gasteiger partial charge in [0.2, 0.25) is 0 Å². The molecule has 6 heteroatoms. The highest BCUT2D eigenvalue weighted by atomic mass is 32.2. The van der Waals surface area contributed by atoms with Gasteiger partial charge >= 0.3 is 5.97 Å². The van der Waals surface area contributed by atoms with E-state index in [1.54, 1.807) is 19.9 Å². The van der Waals surface area contributed by atoms with E-state index in [4.69, 9.17) is 4.74 Å². The van der Waals surface area contributed by atoms with E-state index in [0.717, 1.165) is 27.8 Å². The van der Waals surface area contributed by atoms with Gasteiger partial charge in [0, 0.05) is 0 Å². The van der Waals surface area contributed by atoms with Gasteiger partial charge in [-0.25, -0.2) is 0 Å². The smallest absolute Gasteiger partial charge is 0.326 e. The number of rotatable bonds is 5. The summed E-state index contributed by atoms with van der Waals surface area (Å²) >= 11 is 0.831. The molecule has 0 aliphatic carbocycles. The Hall–Kier alpha value is -2.34. The Balaban J connectivity index is 2.10. The molecule has 0 bridgehead atoms. The zero-order valence-electron chi connectivity index (χ0n) is 13.8. The van der Waals surface area contributed by atoms with Gasteiger partial charge < -0.3 is 4.74 Å². The standard InChI is InChI=1S/C18H19NO4S/c1-12(2)23-16(20)11-19-17(21)15(24-18(19)22)10-13(3)9-14-7-5-4-6-8-14/h4-10,12H,11H2,1-3H3/b13-9+,15-10-. The summed E-state index contributed by atoms with van der Waals surface area (Å²) in [7, 11) is 0. The molecule has 5 nitrogen and oxygen atoms in total. The maximum Gasteiger partial charge on any atom is 0.326 e. The first-order chi connectivity index (χ1) is 11.4. The number of thioether (sulfide) groups is 1. The number of benzene rings is 1. The van der Waals surface area contributed by atoms with E-state index in [9.17, 15) is 14.4 Å². The molecule has 1 saturated heterocycles. The number of carbonyl (C=O) groups is 3. The minimum absolute atomic E-state index is 0.288. The maximum atomic E-state index is 12.3. The highest BCUT2D eigenvalue weighted by molar-refractivity contribution is 8.18. The average molecular weight is 345 g/mol. The largest absolute Gasteiger partial charge is 0.462 e. The SMILES string of the molecule is CC(/C=C1\SC(=O)N(CC(=O)OC(C)C)C1=O)=C\c1ccccc1. The van der Waals surface area contributed by atoms with Gasteiger partial charge in [0.05, 0.1) is 11.0 Å². The lowest BCUT2D eigenvalue weighted by Crippen LogP contribution is -2.35. The number of hydrogen-bond acceptors (Lipinski definition) is 5. The Morgan fingerprint density at radius 2 is 1.92 bits per heavy atom. The lowest BCUT2D eigenvalue weighted by molar-refractivity contribution is -0.149. The normalized spacial score (nSPS) is 17.1. The molecule has 24 heavy (non-hydrogen) atoms. The fourth-order valence-corrected chi connectivity index (χ4v) is 3.01. The van der Waals surface area contributed by atoms with Crippen LogP contribution in [0.1, 0.15) is 26.3 Å². The molecule has 1 aliphatic rings. The van der Waals surface area contributed by atoms with Crippen LogP contribution < -0.4 is 0 Å². The van der Waals surface area contributed by atoms with Crippen molar-refractivity contribution >= 4 is 35.0 Å². The van der Waals surface area contributed by atoms with Crippen molar-refractivity contribution in [2.45, 2.75) is 26.9 Å². The number of ether oxygens (including phenoxy) is 1. The van der Waals surface area contributed by atoms with Crippen molar-refractivity contribution in [1.29, 1.82) is 0 Å². The topological polar surface area (TPSA) is 63.7 Å². The Bertz CT molecular complexity index is 707. The van der Waals surface area contributed by atoms with Gasteiger partial charge in [-0.3, -0.25) is 19.3 Å². The van der Waals surface area contributed by atoms with Crippen LogP contribution in [0.15, 0.2) is 46.9 Å². The number of allylic oxidation sites excluding steroid dienone is 2. The second-order valence-corrected chi connectivity index (χ2v) is 6.60. The molecule has 0 radical (unpaired) electrons. The maximum absolute atomic E-state index is 12.3. The number of hydrogen-bond donors (Lipinski definition) is 0. The fraction of sp³-hybridized carbons (Fsp3) is 0.278. The van der Waals surface area contributed by atoms with Crippen LogP contribution in [-0.2, 0) is 14.3 Å². The van der Waals surface area contributed by atoms with E-state index in [1.807, 2.05) is 43.3 Å². The van der Waals surface area contributed by atoms with Crippen LogP contribution in [0.4, 0.5) is 4.79 Å². The van der Waals surface area contributed by atoms with Crippen molar-refractivity contribution in [1.82, 2.24) is 4.90 Å². The lowest BCUT2D eigenvalue weighted by atomic mass is 10.1. The van der Waals surface area contributed by atoms with Gasteiger partial charge in [-0.05, 0) is 49.7 Å². The van der Waals surface area contributed by atoms with Gasteiger partial charge in [-0.1, -0.05) is 36.4 Å². The zero-order valence-corrected chi connectivity index (χ0v) is 14.6. The molecule has 2 amide bonds. The molecule has 0 aromatic heterocycles. The van der Waals surface area contributed by atoms with Crippen LogP contribution in [0.25, 0.3) is 6.08 Å². The summed E-state index contributed by atoms with van der Waals surface area (Å²) in [6, 6.07) is 9.67. The van der Waals surface area contributed by atoms with E-state index in [-0.39, 0.29) is 12.6 Å². The number of imide groups is 1. The van der Waals surface area contributed by atoms with Gasteiger partial charge in [-0.15, -0.1) is 0 Å². The van der Waals surface area contributed by atoms with Crippen molar-refractivity contribution in [2.24, 2.45) is 0 Å². The number of carbonyl (C=O) groups excluding carboxylic acids is 3. The van der Waals surface area contributed by atoms with Crippen LogP contribution in [0.5, 0.6) is 0 Å². The molecule has 126 valence electrons. The molecule has 0 saturated carbocycles. The predicted molar refractivity (Wildman–Crippen MR) is 94.1 cm³/mol. The summed E-state index contributed by atoms with van der Waals surface area (Å²) in [5.41, 5.74) is 1.85. The van der Waals surface area contributed by atoms with E-state index in [0.29, 0.717) is 4.91 Å². The Morgan fingerprint density at radius 1 is 1.25 bits per heavy atom. The second kappa shape index (κ2) is 7.97. The summed E-state index contributed by atoms with van der Waals surface area (Å²) in [4.78, 5) is 37.1. The van der Waals surface area contributed by atoms with Crippen molar-refractivity contribution in [3.05, 3.63) is 52.4 Å². The summed E-state index contributed by atoms with van der Waals surface area (Å²) in [6.07, 6.45) is 3.29.